The van der Waals surface area contributed by atoms with E-state index in [4.69, 9.17) is 31.1 Å². The van der Waals surface area contributed by atoms with Crippen LogP contribution in [0.15, 0.2) is 36.4 Å². The average molecular weight is 290 g/mol. The maximum absolute atomic E-state index is 9.13. The number of methoxy groups -OCH3 is 2. The quantitative estimate of drug-likeness (QED) is 0.853. The second-order valence-corrected chi connectivity index (χ2v) is 4.28. The molecule has 0 atom stereocenters. The highest BCUT2D eigenvalue weighted by Crippen LogP contribution is 2.34. The average Bonchev–Trinajstić information content (AvgIpc) is 2.49. The van der Waals surface area contributed by atoms with Gasteiger partial charge in [-0.25, -0.2) is 0 Å². The largest absolute Gasteiger partial charge is 0.497 e. The molecule has 0 aromatic heterocycles. The zero-order chi connectivity index (χ0) is 14.5. The third-order valence-electron chi connectivity index (χ3n) is 2.67. The van der Waals surface area contributed by atoms with Gasteiger partial charge in [0, 0.05) is 12.1 Å². The molecule has 0 aliphatic rings. The Labute approximate surface area is 122 Å². The number of ether oxygens (including phenoxy) is 3. The third-order valence-corrected chi connectivity index (χ3v) is 2.96. The van der Waals surface area contributed by atoms with Crippen LogP contribution in [-0.2, 0) is 0 Å². The lowest BCUT2D eigenvalue weighted by Gasteiger charge is -2.11. The molecule has 0 fully saturated rings. The van der Waals surface area contributed by atoms with Crippen molar-refractivity contribution in [3.63, 3.8) is 0 Å². The number of hydrogen-bond acceptors (Lipinski definition) is 4. The molecule has 2 aromatic rings. The van der Waals surface area contributed by atoms with Crippen molar-refractivity contribution in [1.82, 2.24) is 0 Å². The fourth-order valence-electron chi connectivity index (χ4n) is 1.62. The number of nitrogens with zero attached hydrogens (tertiary/aromatic N) is 1. The summed E-state index contributed by atoms with van der Waals surface area (Å²) in [7, 11) is 3.10. The normalized spacial score (nSPS) is 9.70. The van der Waals surface area contributed by atoms with Crippen LogP contribution in [0, 0.1) is 11.3 Å². The van der Waals surface area contributed by atoms with Crippen molar-refractivity contribution in [3.8, 4) is 29.1 Å². The zero-order valence-electron chi connectivity index (χ0n) is 11.0. The van der Waals surface area contributed by atoms with Crippen molar-refractivity contribution in [1.29, 1.82) is 5.26 Å². The monoisotopic (exact) mass is 289 g/mol. The lowest BCUT2D eigenvalue weighted by Crippen LogP contribution is -1.91. The molecule has 4 nitrogen and oxygen atoms in total. The molecule has 20 heavy (non-hydrogen) atoms. The Morgan fingerprint density at radius 1 is 0.950 bits per heavy atom. The van der Waals surface area contributed by atoms with E-state index in [9.17, 15) is 0 Å². The fraction of sp³-hybridized carbons (Fsp3) is 0.133. The number of hydrogen-bond donors (Lipinski definition) is 0. The number of nitriles is 1. The minimum absolute atomic E-state index is 0.372. The first-order valence-corrected chi connectivity index (χ1v) is 6.15. The molecule has 0 unspecified atom stereocenters. The number of rotatable bonds is 4. The van der Waals surface area contributed by atoms with E-state index in [1.165, 1.54) is 7.11 Å². The van der Waals surface area contributed by atoms with Crippen LogP contribution in [0.4, 0.5) is 0 Å². The van der Waals surface area contributed by atoms with Gasteiger partial charge in [-0.3, -0.25) is 0 Å². The van der Waals surface area contributed by atoms with Crippen molar-refractivity contribution >= 4 is 11.6 Å². The molecule has 2 rings (SSSR count). The first-order valence-electron chi connectivity index (χ1n) is 5.77. The van der Waals surface area contributed by atoms with Crippen molar-refractivity contribution in [2.24, 2.45) is 0 Å². The van der Waals surface area contributed by atoms with Crippen LogP contribution in [0.1, 0.15) is 5.56 Å². The Kier molecular flexibility index (Phi) is 4.34. The molecule has 2 aromatic carbocycles. The van der Waals surface area contributed by atoms with Crippen molar-refractivity contribution in [3.05, 3.63) is 47.0 Å². The van der Waals surface area contributed by atoms with E-state index in [2.05, 4.69) is 6.07 Å². The van der Waals surface area contributed by atoms with Gasteiger partial charge in [-0.1, -0.05) is 11.6 Å². The molecule has 0 heterocycles. The molecule has 0 saturated carbocycles. The van der Waals surface area contributed by atoms with Crippen LogP contribution in [0.25, 0.3) is 0 Å². The summed E-state index contributed by atoms with van der Waals surface area (Å²) in [5, 5.41) is 9.54. The summed E-state index contributed by atoms with van der Waals surface area (Å²) in [4.78, 5) is 0. The van der Waals surface area contributed by atoms with Crippen LogP contribution in [-0.4, -0.2) is 14.2 Å². The van der Waals surface area contributed by atoms with Gasteiger partial charge in [-0.15, -0.1) is 0 Å². The van der Waals surface area contributed by atoms with Gasteiger partial charge in [-0.05, 0) is 24.3 Å². The first-order chi connectivity index (χ1) is 9.67. The van der Waals surface area contributed by atoms with Crippen LogP contribution >= 0.6 is 11.6 Å². The second-order valence-electron chi connectivity index (χ2n) is 3.87. The Morgan fingerprint density at radius 2 is 1.55 bits per heavy atom. The van der Waals surface area contributed by atoms with Gasteiger partial charge in [-0.2, -0.15) is 5.26 Å². The number of benzene rings is 2. The summed E-state index contributed by atoms with van der Waals surface area (Å²) in [5.41, 5.74) is 0.372. The molecular formula is C15H12ClNO3. The summed E-state index contributed by atoms with van der Waals surface area (Å²) < 4.78 is 15.8. The van der Waals surface area contributed by atoms with Crippen molar-refractivity contribution in [2.45, 2.75) is 0 Å². The fourth-order valence-corrected chi connectivity index (χ4v) is 1.83. The molecule has 0 aliphatic carbocycles. The minimum atomic E-state index is 0.372. The highest BCUT2D eigenvalue weighted by atomic mass is 35.5. The molecule has 0 saturated heterocycles. The van der Waals surface area contributed by atoms with Gasteiger partial charge < -0.3 is 14.2 Å². The van der Waals surface area contributed by atoms with Gasteiger partial charge >= 0.3 is 0 Å². The van der Waals surface area contributed by atoms with E-state index in [0.29, 0.717) is 33.6 Å². The van der Waals surface area contributed by atoms with Crippen LogP contribution in [0.2, 0.25) is 5.02 Å². The maximum Gasteiger partial charge on any atom is 0.146 e. The molecule has 0 radical (unpaired) electrons. The summed E-state index contributed by atoms with van der Waals surface area (Å²) >= 11 is 6.10. The molecule has 0 N–H and O–H groups in total. The zero-order valence-corrected chi connectivity index (χ0v) is 11.8. The Balaban J connectivity index is 2.33. The Hall–Kier alpha value is -2.38. The van der Waals surface area contributed by atoms with Crippen LogP contribution < -0.4 is 14.2 Å². The van der Waals surface area contributed by atoms with Gasteiger partial charge in [0.1, 0.15) is 29.1 Å². The summed E-state index contributed by atoms with van der Waals surface area (Å²) in [6.45, 7) is 0. The summed E-state index contributed by atoms with van der Waals surface area (Å²) in [6, 6.07) is 12.1. The lowest BCUT2D eigenvalue weighted by atomic mass is 10.2. The van der Waals surface area contributed by atoms with E-state index in [0.717, 1.165) is 0 Å². The van der Waals surface area contributed by atoms with Crippen LogP contribution in [0.3, 0.4) is 0 Å². The summed E-state index contributed by atoms with van der Waals surface area (Å²) in [5.74, 6) is 2.10. The molecule has 5 heteroatoms. The minimum Gasteiger partial charge on any atom is -0.497 e. The third kappa shape index (κ3) is 2.95. The Morgan fingerprint density at radius 3 is 2.10 bits per heavy atom. The van der Waals surface area contributed by atoms with Crippen molar-refractivity contribution < 1.29 is 14.2 Å². The highest BCUT2D eigenvalue weighted by molar-refractivity contribution is 6.32. The lowest BCUT2D eigenvalue weighted by molar-refractivity contribution is 0.410. The maximum atomic E-state index is 9.13. The van der Waals surface area contributed by atoms with E-state index in [-0.39, 0.29) is 0 Å². The topological polar surface area (TPSA) is 51.5 Å². The molecule has 0 bridgehead atoms. The smallest absolute Gasteiger partial charge is 0.146 e. The molecule has 0 aliphatic heterocycles. The predicted octanol–water partition coefficient (Wildman–Crippen LogP) is 4.02. The van der Waals surface area contributed by atoms with E-state index in [1.54, 1.807) is 43.5 Å². The second kappa shape index (κ2) is 6.18. The molecular weight excluding hydrogens is 278 g/mol. The van der Waals surface area contributed by atoms with Crippen LogP contribution in [0.5, 0.6) is 23.0 Å². The standard InChI is InChI=1S/C15H12ClNO3/c1-18-11-3-5-14(10(7-11)9-17)20-15-6-4-12(19-2)8-13(15)16/h3-8H,1-2H3. The first kappa shape index (κ1) is 14.0. The van der Waals surface area contributed by atoms with Gasteiger partial charge in [0.15, 0.2) is 0 Å². The highest BCUT2D eigenvalue weighted by Gasteiger charge is 2.09. The predicted molar refractivity (Wildman–Crippen MR) is 75.8 cm³/mol. The van der Waals surface area contributed by atoms with E-state index >= 15 is 0 Å². The Bertz CT molecular complexity index is 665. The van der Waals surface area contributed by atoms with Gasteiger partial charge in [0.2, 0.25) is 0 Å². The number of halogens is 1. The summed E-state index contributed by atoms with van der Waals surface area (Å²) in [6.07, 6.45) is 0. The van der Waals surface area contributed by atoms with Gasteiger partial charge in [0.25, 0.3) is 0 Å². The SMILES string of the molecule is COc1ccc(Oc2ccc(OC)cc2C#N)c(Cl)c1. The molecule has 102 valence electrons. The van der Waals surface area contributed by atoms with Crippen molar-refractivity contribution in [2.75, 3.05) is 14.2 Å². The van der Waals surface area contributed by atoms with E-state index in [1.807, 2.05) is 0 Å². The molecule has 0 amide bonds. The molecule has 0 spiro atoms. The van der Waals surface area contributed by atoms with E-state index < -0.39 is 0 Å². The van der Waals surface area contributed by atoms with Gasteiger partial charge in [0.05, 0.1) is 24.8 Å².